The highest BCUT2D eigenvalue weighted by Crippen LogP contribution is 2.31. The van der Waals surface area contributed by atoms with Crippen molar-refractivity contribution in [3.63, 3.8) is 0 Å². The molecule has 0 aliphatic rings. The monoisotopic (exact) mass is 396 g/mol. The molecule has 1 amide bonds. The van der Waals surface area contributed by atoms with Crippen molar-refractivity contribution in [1.29, 1.82) is 0 Å². The number of methoxy groups -OCH3 is 2. The van der Waals surface area contributed by atoms with Crippen molar-refractivity contribution in [1.82, 2.24) is 4.90 Å². The van der Waals surface area contributed by atoms with Crippen molar-refractivity contribution in [2.75, 3.05) is 26.6 Å². The van der Waals surface area contributed by atoms with Crippen LogP contribution in [0, 0.1) is 0 Å². The van der Waals surface area contributed by atoms with Crippen molar-refractivity contribution in [2.24, 2.45) is 0 Å². The summed E-state index contributed by atoms with van der Waals surface area (Å²) in [5.41, 5.74) is 1.41. The fraction of sp³-hybridized carbons (Fsp3) is 0.316. The molecule has 1 N–H and O–H groups in total. The third-order valence-electron chi connectivity index (χ3n) is 4.13. The average Bonchev–Trinajstić information content (AvgIpc) is 2.63. The van der Waals surface area contributed by atoms with Gasteiger partial charge in [0.25, 0.3) is 0 Å². The number of nitrogens with zero attached hydrogens (tertiary/aromatic N) is 1. The van der Waals surface area contributed by atoms with Gasteiger partial charge in [0.2, 0.25) is 5.91 Å². The van der Waals surface area contributed by atoms with Crippen LogP contribution in [-0.2, 0) is 11.3 Å². The fourth-order valence-electron chi connectivity index (χ4n) is 2.51. The molecular weight excluding hydrogens is 375 g/mol. The third-order valence-corrected chi connectivity index (χ3v) is 4.70. The number of amides is 1. The molecule has 0 aromatic heterocycles. The minimum atomic E-state index is -0.402. The van der Waals surface area contributed by atoms with Crippen LogP contribution in [-0.4, -0.2) is 38.1 Å². The molecule has 0 saturated heterocycles. The van der Waals surface area contributed by atoms with E-state index in [2.05, 4.69) is 5.32 Å². The van der Waals surface area contributed by atoms with Crippen LogP contribution in [0.15, 0.2) is 36.4 Å². The summed E-state index contributed by atoms with van der Waals surface area (Å²) in [4.78, 5) is 14.5. The lowest BCUT2D eigenvalue weighted by molar-refractivity contribution is -0.120. The van der Waals surface area contributed by atoms with E-state index >= 15 is 0 Å². The second-order valence-electron chi connectivity index (χ2n) is 5.86. The van der Waals surface area contributed by atoms with Gasteiger partial charge in [0.05, 0.1) is 31.0 Å². The van der Waals surface area contributed by atoms with Crippen molar-refractivity contribution in [2.45, 2.75) is 19.5 Å². The topological polar surface area (TPSA) is 50.8 Å². The molecule has 0 aliphatic carbocycles. The molecule has 0 spiro atoms. The quantitative estimate of drug-likeness (QED) is 0.749. The van der Waals surface area contributed by atoms with Gasteiger partial charge in [-0.2, -0.15) is 0 Å². The third kappa shape index (κ3) is 4.81. The van der Waals surface area contributed by atoms with Crippen LogP contribution in [0.5, 0.6) is 11.5 Å². The Morgan fingerprint density at radius 3 is 2.58 bits per heavy atom. The van der Waals surface area contributed by atoms with E-state index in [0.29, 0.717) is 33.8 Å². The van der Waals surface area contributed by atoms with Crippen molar-refractivity contribution in [3.05, 3.63) is 52.0 Å². The van der Waals surface area contributed by atoms with E-state index in [1.165, 1.54) is 0 Å². The normalized spacial score (nSPS) is 12.0. The van der Waals surface area contributed by atoms with Crippen molar-refractivity contribution < 1.29 is 14.3 Å². The Labute approximate surface area is 163 Å². The van der Waals surface area contributed by atoms with Gasteiger partial charge >= 0.3 is 0 Å². The summed E-state index contributed by atoms with van der Waals surface area (Å²) in [6, 6.07) is 10.2. The van der Waals surface area contributed by atoms with Crippen LogP contribution in [0.3, 0.4) is 0 Å². The van der Waals surface area contributed by atoms with E-state index in [1.807, 2.05) is 37.1 Å². The summed E-state index contributed by atoms with van der Waals surface area (Å²) in [6.45, 7) is 2.33. The zero-order valence-electron chi connectivity index (χ0n) is 15.2. The number of benzene rings is 2. The van der Waals surface area contributed by atoms with E-state index < -0.39 is 6.04 Å². The van der Waals surface area contributed by atoms with E-state index in [9.17, 15) is 4.79 Å². The number of hydrogen-bond donors (Lipinski definition) is 1. The first-order valence-corrected chi connectivity index (χ1v) is 8.79. The molecule has 0 unspecified atom stereocenters. The summed E-state index contributed by atoms with van der Waals surface area (Å²) in [5, 5.41) is 3.76. The van der Waals surface area contributed by atoms with Gasteiger partial charge in [-0.3, -0.25) is 9.69 Å². The number of ether oxygens (including phenoxy) is 2. The predicted molar refractivity (Wildman–Crippen MR) is 106 cm³/mol. The molecular formula is C19H22Cl2N2O3. The van der Waals surface area contributed by atoms with Crippen LogP contribution in [0.25, 0.3) is 0 Å². The number of halogens is 2. The predicted octanol–water partition coefficient (Wildman–Crippen LogP) is 4.47. The van der Waals surface area contributed by atoms with E-state index in [0.717, 1.165) is 5.56 Å². The molecule has 2 rings (SSSR count). The SMILES string of the molecule is COc1cccc(CN(C)[C@H](C)C(=O)Nc2cc(Cl)ccc2Cl)c1OC. The number of anilines is 1. The average molecular weight is 397 g/mol. The van der Waals surface area contributed by atoms with Gasteiger partial charge in [0.15, 0.2) is 11.5 Å². The second-order valence-corrected chi connectivity index (χ2v) is 6.70. The summed E-state index contributed by atoms with van der Waals surface area (Å²) in [5.74, 6) is 1.13. The first-order valence-electron chi connectivity index (χ1n) is 8.03. The Morgan fingerprint density at radius 2 is 1.92 bits per heavy atom. The number of nitrogens with one attached hydrogen (secondary N) is 1. The van der Waals surface area contributed by atoms with Crippen molar-refractivity contribution >= 4 is 34.8 Å². The van der Waals surface area contributed by atoms with E-state index in [4.69, 9.17) is 32.7 Å². The molecule has 140 valence electrons. The number of rotatable bonds is 7. The number of likely N-dealkylation sites (N-methyl/N-ethyl adjacent to an activating group) is 1. The Kier molecular flexibility index (Phi) is 7.14. The summed E-state index contributed by atoms with van der Waals surface area (Å²) in [7, 11) is 5.05. The Balaban J connectivity index is 2.11. The fourth-order valence-corrected chi connectivity index (χ4v) is 2.85. The lowest BCUT2D eigenvalue weighted by atomic mass is 10.1. The maximum absolute atomic E-state index is 12.6. The lowest BCUT2D eigenvalue weighted by Crippen LogP contribution is -2.39. The molecule has 26 heavy (non-hydrogen) atoms. The zero-order chi connectivity index (χ0) is 19.3. The van der Waals surface area contributed by atoms with Crippen LogP contribution >= 0.6 is 23.2 Å². The van der Waals surface area contributed by atoms with E-state index in [-0.39, 0.29) is 5.91 Å². The van der Waals surface area contributed by atoms with Gasteiger partial charge in [-0.25, -0.2) is 0 Å². The molecule has 2 aromatic carbocycles. The van der Waals surface area contributed by atoms with Gasteiger partial charge in [0, 0.05) is 17.1 Å². The van der Waals surface area contributed by atoms with Crippen molar-refractivity contribution in [3.8, 4) is 11.5 Å². The Morgan fingerprint density at radius 1 is 1.19 bits per heavy atom. The Bertz CT molecular complexity index is 783. The highest BCUT2D eigenvalue weighted by molar-refractivity contribution is 6.35. The van der Waals surface area contributed by atoms with Gasteiger partial charge in [-0.05, 0) is 38.2 Å². The van der Waals surface area contributed by atoms with Gasteiger partial charge in [-0.15, -0.1) is 0 Å². The number of hydrogen-bond acceptors (Lipinski definition) is 4. The molecule has 0 heterocycles. The molecule has 0 fully saturated rings. The van der Waals surface area contributed by atoms with Crippen LogP contribution in [0.1, 0.15) is 12.5 Å². The maximum Gasteiger partial charge on any atom is 0.241 e. The molecule has 0 aliphatic heterocycles. The largest absolute Gasteiger partial charge is 0.493 e. The summed E-state index contributed by atoms with van der Waals surface area (Å²) < 4.78 is 10.8. The first kappa shape index (κ1) is 20.4. The van der Waals surface area contributed by atoms with Crippen LogP contribution in [0.2, 0.25) is 10.0 Å². The number of carbonyl (C=O) groups is 1. The molecule has 2 aromatic rings. The standard InChI is InChI=1S/C19H22Cl2N2O3/c1-12(19(24)22-16-10-14(20)8-9-15(16)21)23(2)11-13-6-5-7-17(25-3)18(13)26-4/h5-10,12H,11H2,1-4H3,(H,22,24)/t12-/m1/s1. The molecule has 0 radical (unpaired) electrons. The first-order chi connectivity index (χ1) is 12.4. The van der Waals surface area contributed by atoms with Crippen LogP contribution < -0.4 is 14.8 Å². The van der Waals surface area contributed by atoms with Crippen LogP contribution in [0.4, 0.5) is 5.69 Å². The van der Waals surface area contributed by atoms with Gasteiger partial charge in [-0.1, -0.05) is 35.3 Å². The molecule has 5 nitrogen and oxygen atoms in total. The number of carbonyl (C=O) groups excluding carboxylic acids is 1. The maximum atomic E-state index is 12.6. The zero-order valence-corrected chi connectivity index (χ0v) is 16.7. The lowest BCUT2D eigenvalue weighted by Gasteiger charge is -2.25. The summed E-state index contributed by atoms with van der Waals surface area (Å²) in [6.07, 6.45) is 0. The molecule has 1 atom stereocenters. The minimum Gasteiger partial charge on any atom is -0.493 e. The molecule has 0 saturated carbocycles. The van der Waals surface area contributed by atoms with E-state index in [1.54, 1.807) is 32.4 Å². The Hall–Kier alpha value is -1.95. The summed E-state index contributed by atoms with van der Waals surface area (Å²) >= 11 is 12.1. The highest BCUT2D eigenvalue weighted by Gasteiger charge is 2.21. The molecule has 7 heteroatoms. The van der Waals surface area contributed by atoms with Gasteiger partial charge < -0.3 is 14.8 Å². The minimum absolute atomic E-state index is 0.182. The smallest absolute Gasteiger partial charge is 0.241 e. The van der Waals surface area contributed by atoms with Gasteiger partial charge in [0.1, 0.15) is 0 Å². The molecule has 0 bridgehead atoms. The number of para-hydroxylation sites is 1. The highest BCUT2D eigenvalue weighted by atomic mass is 35.5. The second kappa shape index (κ2) is 9.12.